The molecule has 5 heteroatoms. The molecule has 1 aliphatic rings. The Morgan fingerprint density at radius 2 is 2.36 bits per heavy atom. The summed E-state index contributed by atoms with van der Waals surface area (Å²) < 4.78 is 5.36. The van der Waals surface area contributed by atoms with Gasteiger partial charge in [-0.25, -0.2) is 4.98 Å². The minimum atomic E-state index is -0.440. The summed E-state index contributed by atoms with van der Waals surface area (Å²) >= 11 is 0. The second-order valence-electron chi connectivity index (χ2n) is 3.53. The van der Waals surface area contributed by atoms with Crippen LogP contribution in [0.2, 0.25) is 0 Å². The van der Waals surface area contributed by atoms with Gasteiger partial charge in [0, 0.05) is 14.0 Å². The third-order valence-electron chi connectivity index (χ3n) is 2.43. The lowest BCUT2D eigenvalue weighted by Gasteiger charge is -2.15. The topological polar surface area (TPSA) is 72.4 Å². The number of anilines is 1. The van der Waals surface area contributed by atoms with E-state index < -0.39 is 6.04 Å². The van der Waals surface area contributed by atoms with Gasteiger partial charge < -0.3 is 10.2 Å². The van der Waals surface area contributed by atoms with Crippen LogP contribution in [0.15, 0.2) is 4.42 Å². The molecule has 0 radical (unpaired) electrons. The minimum Gasteiger partial charge on any atom is -0.425 e. The van der Waals surface area contributed by atoms with E-state index in [-0.39, 0.29) is 5.91 Å². The molecule has 0 aliphatic carbocycles. The van der Waals surface area contributed by atoms with Gasteiger partial charge in [0.2, 0.25) is 11.8 Å². The highest BCUT2D eigenvalue weighted by molar-refractivity contribution is 5.96. The number of nitrogens with two attached hydrogens (primary N) is 1. The number of hydrogen-bond donors (Lipinski definition) is 1. The molecule has 76 valence electrons. The number of oxazole rings is 1. The van der Waals surface area contributed by atoms with Crippen molar-refractivity contribution in [2.24, 2.45) is 5.73 Å². The molecule has 1 atom stereocenters. The number of fused-ring (bicyclic) bond motifs is 1. The molecule has 0 fully saturated rings. The molecular formula is C9H13N3O2. The monoisotopic (exact) mass is 195 g/mol. The third-order valence-corrected chi connectivity index (χ3v) is 2.43. The molecule has 1 amide bonds. The fourth-order valence-electron chi connectivity index (χ4n) is 1.65. The van der Waals surface area contributed by atoms with Crippen molar-refractivity contribution in [2.75, 3.05) is 11.9 Å². The van der Waals surface area contributed by atoms with Crippen LogP contribution in [-0.4, -0.2) is 24.0 Å². The van der Waals surface area contributed by atoms with E-state index in [1.807, 2.05) is 0 Å². The third kappa shape index (κ3) is 1.29. The first-order valence-electron chi connectivity index (χ1n) is 4.59. The lowest BCUT2D eigenvalue weighted by molar-refractivity contribution is -0.119. The Balaban J connectivity index is 2.43. The summed E-state index contributed by atoms with van der Waals surface area (Å²) in [6, 6.07) is -0.440. The van der Waals surface area contributed by atoms with Gasteiger partial charge in [0.1, 0.15) is 5.69 Å². The SMILES string of the molecule is Cc1nc2c(o1)N(C)C(=O)C(N)CC2. The van der Waals surface area contributed by atoms with Crippen LogP contribution in [0.3, 0.4) is 0 Å². The van der Waals surface area contributed by atoms with Crippen LogP contribution < -0.4 is 10.6 Å². The summed E-state index contributed by atoms with van der Waals surface area (Å²) in [5, 5.41) is 0. The van der Waals surface area contributed by atoms with E-state index in [9.17, 15) is 4.79 Å². The predicted octanol–water partition coefficient (Wildman–Crippen LogP) is 0.219. The summed E-state index contributed by atoms with van der Waals surface area (Å²) in [4.78, 5) is 17.3. The maximum atomic E-state index is 11.6. The summed E-state index contributed by atoms with van der Waals surface area (Å²) in [7, 11) is 1.66. The molecule has 2 heterocycles. The van der Waals surface area contributed by atoms with E-state index in [4.69, 9.17) is 10.2 Å². The van der Waals surface area contributed by atoms with Crippen molar-refractivity contribution in [3.63, 3.8) is 0 Å². The van der Waals surface area contributed by atoms with Crippen molar-refractivity contribution in [1.29, 1.82) is 0 Å². The maximum Gasteiger partial charge on any atom is 0.246 e. The average molecular weight is 195 g/mol. The van der Waals surface area contributed by atoms with Gasteiger partial charge in [-0.3, -0.25) is 9.69 Å². The van der Waals surface area contributed by atoms with Gasteiger partial charge >= 0.3 is 0 Å². The smallest absolute Gasteiger partial charge is 0.246 e. The number of nitrogens with zero attached hydrogens (tertiary/aromatic N) is 2. The molecule has 0 spiro atoms. The first-order valence-corrected chi connectivity index (χ1v) is 4.59. The highest BCUT2D eigenvalue weighted by Gasteiger charge is 2.28. The van der Waals surface area contributed by atoms with Crippen LogP contribution in [0.1, 0.15) is 18.0 Å². The Morgan fingerprint density at radius 3 is 3.07 bits per heavy atom. The van der Waals surface area contributed by atoms with Gasteiger partial charge in [0.05, 0.1) is 6.04 Å². The number of aryl methyl sites for hydroxylation is 2. The Bertz CT molecular complexity index is 372. The molecule has 0 saturated heterocycles. The summed E-state index contributed by atoms with van der Waals surface area (Å²) in [6.45, 7) is 1.77. The predicted molar refractivity (Wildman–Crippen MR) is 50.9 cm³/mol. The molecular weight excluding hydrogens is 182 g/mol. The van der Waals surface area contributed by atoms with Crippen LogP contribution in [0, 0.1) is 6.92 Å². The molecule has 1 aromatic heterocycles. The summed E-state index contributed by atoms with van der Waals surface area (Å²) in [5.74, 6) is 1.02. The van der Waals surface area contributed by atoms with Crippen molar-refractivity contribution < 1.29 is 9.21 Å². The van der Waals surface area contributed by atoms with Gasteiger partial charge in [0.25, 0.3) is 0 Å². The quantitative estimate of drug-likeness (QED) is 0.642. The number of hydrogen-bond acceptors (Lipinski definition) is 4. The molecule has 2 rings (SSSR count). The standard InChI is InChI=1S/C9H13N3O2/c1-5-11-7-4-3-6(10)8(13)12(2)9(7)14-5/h6H,3-4,10H2,1-2H3. The van der Waals surface area contributed by atoms with E-state index in [1.165, 1.54) is 4.90 Å². The zero-order valence-corrected chi connectivity index (χ0v) is 8.28. The Labute approximate surface area is 81.9 Å². The van der Waals surface area contributed by atoms with E-state index in [0.29, 0.717) is 24.6 Å². The van der Waals surface area contributed by atoms with Crippen LogP contribution in [-0.2, 0) is 11.2 Å². The summed E-state index contributed by atoms with van der Waals surface area (Å²) in [6.07, 6.45) is 1.33. The van der Waals surface area contributed by atoms with Crippen molar-refractivity contribution in [1.82, 2.24) is 4.98 Å². The number of amides is 1. The zero-order chi connectivity index (χ0) is 10.3. The first kappa shape index (κ1) is 9.21. The lowest BCUT2D eigenvalue weighted by Crippen LogP contribution is -2.40. The molecule has 2 N–H and O–H groups in total. The van der Waals surface area contributed by atoms with Gasteiger partial charge in [-0.1, -0.05) is 0 Å². The first-order chi connectivity index (χ1) is 6.59. The number of carbonyl (C=O) groups excluding carboxylic acids is 1. The molecule has 1 aromatic rings. The highest BCUT2D eigenvalue weighted by Crippen LogP contribution is 2.25. The Morgan fingerprint density at radius 1 is 1.64 bits per heavy atom. The molecule has 0 bridgehead atoms. The van der Waals surface area contributed by atoms with E-state index in [2.05, 4.69) is 4.98 Å². The molecule has 1 aliphatic heterocycles. The molecule has 1 unspecified atom stereocenters. The largest absolute Gasteiger partial charge is 0.425 e. The molecule has 0 saturated carbocycles. The second kappa shape index (κ2) is 3.09. The van der Waals surface area contributed by atoms with E-state index in [0.717, 1.165) is 5.69 Å². The van der Waals surface area contributed by atoms with Crippen molar-refractivity contribution in [2.45, 2.75) is 25.8 Å². The van der Waals surface area contributed by atoms with Gasteiger partial charge in [-0.15, -0.1) is 0 Å². The summed E-state index contributed by atoms with van der Waals surface area (Å²) in [5.41, 5.74) is 6.51. The van der Waals surface area contributed by atoms with Crippen LogP contribution in [0.25, 0.3) is 0 Å². The minimum absolute atomic E-state index is 0.111. The molecule has 0 aromatic carbocycles. The molecule has 14 heavy (non-hydrogen) atoms. The van der Waals surface area contributed by atoms with Crippen molar-refractivity contribution in [3.8, 4) is 0 Å². The van der Waals surface area contributed by atoms with Crippen LogP contribution in [0.5, 0.6) is 0 Å². The number of rotatable bonds is 0. The fraction of sp³-hybridized carbons (Fsp3) is 0.556. The lowest BCUT2D eigenvalue weighted by atomic mass is 10.1. The average Bonchev–Trinajstić information content (AvgIpc) is 2.49. The van der Waals surface area contributed by atoms with Crippen LogP contribution >= 0.6 is 0 Å². The maximum absolute atomic E-state index is 11.6. The Hall–Kier alpha value is -1.36. The van der Waals surface area contributed by atoms with E-state index >= 15 is 0 Å². The number of likely N-dealkylation sites (N-methyl/N-ethyl adjacent to an activating group) is 1. The number of carbonyl (C=O) groups is 1. The number of aromatic nitrogens is 1. The van der Waals surface area contributed by atoms with E-state index in [1.54, 1.807) is 14.0 Å². The van der Waals surface area contributed by atoms with Gasteiger partial charge in [0.15, 0.2) is 5.89 Å². The van der Waals surface area contributed by atoms with Gasteiger partial charge in [-0.2, -0.15) is 0 Å². The van der Waals surface area contributed by atoms with Crippen molar-refractivity contribution in [3.05, 3.63) is 11.6 Å². The highest BCUT2D eigenvalue weighted by atomic mass is 16.4. The fourth-order valence-corrected chi connectivity index (χ4v) is 1.65. The molecule has 5 nitrogen and oxygen atoms in total. The normalized spacial score (nSPS) is 22.1. The van der Waals surface area contributed by atoms with Crippen LogP contribution in [0.4, 0.5) is 5.88 Å². The zero-order valence-electron chi connectivity index (χ0n) is 8.28. The van der Waals surface area contributed by atoms with Gasteiger partial charge in [-0.05, 0) is 12.8 Å². The van der Waals surface area contributed by atoms with Crippen molar-refractivity contribution >= 4 is 11.8 Å². The Kier molecular flexibility index (Phi) is 2.03. The second-order valence-corrected chi connectivity index (χ2v) is 3.53.